The van der Waals surface area contributed by atoms with Gasteiger partial charge in [-0.25, -0.2) is 14.4 Å². The highest BCUT2D eigenvalue weighted by Gasteiger charge is 2.37. The number of unbranched alkanes of at least 4 members (excludes halogenated alkanes) is 17. The monoisotopic (exact) mass is 1090 g/mol. The Kier molecular flexibility index (Phi) is 26.3. The smallest absolute Gasteiger partial charge is 0.343 e. The van der Waals surface area contributed by atoms with Crippen LogP contribution in [0.25, 0.3) is 11.1 Å². The molecule has 0 aliphatic heterocycles. The van der Waals surface area contributed by atoms with E-state index in [9.17, 15) is 14.4 Å². The van der Waals surface area contributed by atoms with Crippen LogP contribution < -0.4 is 23.7 Å². The van der Waals surface area contributed by atoms with Crippen LogP contribution in [0.3, 0.4) is 0 Å². The van der Waals surface area contributed by atoms with Crippen LogP contribution in [-0.2, 0) is 8.23 Å². The molecule has 0 aliphatic rings. The number of rotatable bonds is 36. The molecule has 0 saturated heterocycles. The Hall–Kier alpha value is -5.32. The molecule has 0 radical (unpaired) electrons. The SMILES string of the molecule is CCCCCCCCCCCCOc1ccc(C(=O)Oc2ccc(C(=O)Oc3cc(-c4ccccc4)ccc3OC(=O)c3ccc(OCCCCCCCCCCC[Si](C)(C)O[Si](C)(C)O[Si](C)(C)C)cc3)cc2)cc1. The lowest BCUT2D eigenvalue weighted by Crippen LogP contribution is -2.51. The molecule has 13 heteroatoms. The van der Waals surface area contributed by atoms with Gasteiger partial charge in [0.05, 0.1) is 29.9 Å². The minimum Gasteiger partial charge on any atom is -0.494 e. The maximum atomic E-state index is 13.6. The quantitative estimate of drug-likeness (QED) is 0.0166. The van der Waals surface area contributed by atoms with Gasteiger partial charge >= 0.3 is 26.5 Å². The molecule has 0 spiro atoms. The van der Waals surface area contributed by atoms with Gasteiger partial charge < -0.3 is 31.9 Å². The molecule has 0 aliphatic carbocycles. The first-order valence-corrected chi connectivity index (χ1v) is 37.7. The average molecular weight is 1090 g/mol. The van der Waals surface area contributed by atoms with Crippen molar-refractivity contribution in [1.82, 2.24) is 0 Å². The molecular weight excluding hydrogens is 1000 g/mol. The summed E-state index contributed by atoms with van der Waals surface area (Å²) in [6.07, 6.45) is 23.5. The van der Waals surface area contributed by atoms with Crippen molar-refractivity contribution in [2.24, 2.45) is 0 Å². The van der Waals surface area contributed by atoms with E-state index in [1.54, 1.807) is 60.7 Å². The van der Waals surface area contributed by atoms with E-state index in [-0.39, 0.29) is 22.8 Å². The summed E-state index contributed by atoms with van der Waals surface area (Å²) in [5, 5.41) is 0. The van der Waals surface area contributed by atoms with Crippen LogP contribution in [0.2, 0.25) is 51.9 Å². The molecule has 0 N–H and O–H groups in total. The molecule has 5 rings (SSSR count). The lowest BCUT2D eigenvalue weighted by molar-refractivity contribution is 0.0682. The van der Waals surface area contributed by atoms with E-state index in [0.29, 0.717) is 35.8 Å². The van der Waals surface area contributed by atoms with Crippen molar-refractivity contribution in [3.05, 3.63) is 138 Å². The van der Waals surface area contributed by atoms with Crippen molar-refractivity contribution < 1.29 is 46.3 Å². The Morgan fingerprint density at radius 1 is 0.382 bits per heavy atom. The van der Waals surface area contributed by atoms with E-state index in [0.717, 1.165) is 36.8 Å². The fourth-order valence-electron chi connectivity index (χ4n) is 9.33. The summed E-state index contributed by atoms with van der Waals surface area (Å²) in [5.74, 6) is -0.0173. The van der Waals surface area contributed by atoms with Gasteiger partial charge in [0.25, 0.3) is 0 Å². The molecule has 10 nitrogen and oxygen atoms in total. The van der Waals surface area contributed by atoms with Gasteiger partial charge in [-0.15, -0.1) is 0 Å². The first-order chi connectivity index (χ1) is 36.5. The molecule has 5 aromatic carbocycles. The van der Waals surface area contributed by atoms with Crippen molar-refractivity contribution >= 4 is 43.1 Å². The van der Waals surface area contributed by atoms with E-state index >= 15 is 0 Å². The number of hydrogen-bond acceptors (Lipinski definition) is 10. The van der Waals surface area contributed by atoms with E-state index in [1.165, 1.54) is 127 Å². The maximum Gasteiger partial charge on any atom is 0.343 e. The summed E-state index contributed by atoms with van der Waals surface area (Å²) in [4.78, 5) is 40.1. The van der Waals surface area contributed by atoms with E-state index in [4.69, 9.17) is 31.9 Å². The first-order valence-electron chi connectivity index (χ1n) is 28.3. The van der Waals surface area contributed by atoms with Crippen LogP contribution in [0.1, 0.15) is 160 Å². The second-order valence-electron chi connectivity index (χ2n) is 22.1. The lowest BCUT2D eigenvalue weighted by atomic mass is 10.1. The van der Waals surface area contributed by atoms with Crippen LogP contribution >= 0.6 is 0 Å². The topological polar surface area (TPSA) is 116 Å². The molecule has 0 heterocycles. The molecule has 0 atom stereocenters. The predicted octanol–water partition coefficient (Wildman–Crippen LogP) is 18.0. The van der Waals surface area contributed by atoms with Gasteiger partial charge in [-0.2, -0.15) is 0 Å². The second kappa shape index (κ2) is 32.4. The molecule has 0 fully saturated rings. The van der Waals surface area contributed by atoms with Crippen LogP contribution in [0.15, 0.2) is 121 Å². The zero-order valence-corrected chi connectivity index (χ0v) is 50.2. The largest absolute Gasteiger partial charge is 0.494 e. The number of hydrogen-bond donors (Lipinski definition) is 0. The number of benzene rings is 5. The Bertz CT molecular complexity index is 2470. The number of ether oxygens (including phenoxy) is 5. The van der Waals surface area contributed by atoms with Crippen LogP contribution in [0.5, 0.6) is 28.7 Å². The van der Waals surface area contributed by atoms with Crippen molar-refractivity contribution in [3.63, 3.8) is 0 Å². The fourth-order valence-corrected chi connectivity index (χ4v) is 22.6. The summed E-state index contributed by atoms with van der Waals surface area (Å²) >= 11 is 0. The highest BCUT2D eigenvalue weighted by Crippen LogP contribution is 2.35. The van der Waals surface area contributed by atoms with Gasteiger partial charge in [-0.05, 0) is 161 Å². The Morgan fingerprint density at radius 2 is 0.789 bits per heavy atom. The number of carbonyl (C=O) groups excluding carboxylic acids is 3. The predicted molar refractivity (Wildman–Crippen MR) is 316 cm³/mol. The highest BCUT2D eigenvalue weighted by molar-refractivity contribution is 6.87. The van der Waals surface area contributed by atoms with Gasteiger partial charge in [0.2, 0.25) is 0 Å². The third-order valence-corrected chi connectivity index (χ3v) is 23.1. The Morgan fingerprint density at radius 3 is 1.25 bits per heavy atom. The summed E-state index contributed by atoms with van der Waals surface area (Å²) in [5.41, 5.74) is 2.57. The molecule has 0 aromatic heterocycles. The molecule has 0 saturated carbocycles. The standard InChI is InChI=1S/C63H88O10Si3/c1-9-10-11-12-13-14-16-19-22-28-47-67-56-40-33-52(34-41-56)61(64)69-58-44-37-54(38-45-58)63(66)71-60-50-55(51-31-26-25-27-32-51)39-46-59(60)70-62(65)53-35-42-57(43-36-53)68-48-29-23-20-17-15-18-21-24-30-49-75(5,6)73-76(7,8)72-74(2,3)4/h25-27,31-46,50H,9-24,28-30,47-49H2,1-8H3. The van der Waals surface area contributed by atoms with Gasteiger partial charge in [0.1, 0.15) is 17.2 Å². The van der Waals surface area contributed by atoms with Gasteiger partial charge in [0, 0.05) is 0 Å². The summed E-state index contributed by atoms with van der Waals surface area (Å²) in [6.45, 7) is 19.3. The molecule has 0 amide bonds. The third kappa shape index (κ3) is 23.9. The summed E-state index contributed by atoms with van der Waals surface area (Å²) in [6, 6.07) is 35.8. The van der Waals surface area contributed by atoms with E-state index in [2.05, 4.69) is 52.8 Å². The summed E-state index contributed by atoms with van der Waals surface area (Å²) in [7, 11) is -5.40. The van der Waals surface area contributed by atoms with E-state index in [1.807, 2.05) is 36.4 Å². The van der Waals surface area contributed by atoms with Crippen molar-refractivity contribution in [2.75, 3.05) is 13.2 Å². The molecule has 5 aromatic rings. The van der Waals surface area contributed by atoms with Gasteiger partial charge in [-0.3, -0.25) is 0 Å². The van der Waals surface area contributed by atoms with Crippen molar-refractivity contribution in [2.45, 2.75) is 181 Å². The Balaban J connectivity index is 1.02. The molecular formula is C63H88O10Si3. The number of esters is 3. The Labute approximate surface area is 459 Å². The maximum absolute atomic E-state index is 13.6. The zero-order valence-electron chi connectivity index (χ0n) is 47.2. The van der Waals surface area contributed by atoms with Gasteiger partial charge in [-0.1, -0.05) is 152 Å². The molecule has 76 heavy (non-hydrogen) atoms. The van der Waals surface area contributed by atoms with E-state index < -0.39 is 43.1 Å². The van der Waals surface area contributed by atoms with Crippen LogP contribution in [-0.4, -0.2) is 56.3 Å². The minimum atomic E-state index is -2.07. The first kappa shape index (κ1) is 61.5. The normalized spacial score (nSPS) is 11.8. The van der Waals surface area contributed by atoms with Crippen LogP contribution in [0, 0.1) is 0 Å². The minimum absolute atomic E-state index is 0.0718. The molecule has 0 bridgehead atoms. The van der Waals surface area contributed by atoms with Crippen molar-refractivity contribution in [3.8, 4) is 39.9 Å². The molecule has 0 unspecified atom stereocenters. The summed E-state index contributed by atoms with van der Waals surface area (Å²) < 4.78 is 42.4. The van der Waals surface area contributed by atoms with Crippen molar-refractivity contribution in [1.29, 1.82) is 0 Å². The van der Waals surface area contributed by atoms with Gasteiger partial charge in [0.15, 0.2) is 28.1 Å². The third-order valence-electron chi connectivity index (χ3n) is 13.0. The highest BCUT2D eigenvalue weighted by atomic mass is 28.5. The second-order valence-corrected chi connectivity index (χ2v) is 34.7. The molecule has 412 valence electrons. The number of carbonyl (C=O) groups is 3. The van der Waals surface area contributed by atoms with Crippen LogP contribution in [0.4, 0.5) is 0 Å². The lowest BCUT2D eigenvalue weighted by Gasteiger charge is -2.37. The average Bonchev–Trinajstić information content (AvgIpc) is 3.38. The zero-order chi connectivity index (χ0) is 54.7. The fraction of sp³-hybridized carbons (Fsp3) is 0.476.